The van der Waals surface area contributed by atoms with Gasteiger partial charge in [0.25, 0.3) is 0 Å². The molecule has 0 saturated carbocycles. The molecule has 0 amide bonds. The number of hydrogen-bond acceptors (Lipinski definition) is 3. The molecule has 0 aromatic carbocycles. The first-order valence-corrected chi connectivity index (χ1v) is 2.46. The van der Waals surface area contributed by atoms with E-state index in [9.17, 15) is 0 Å². The summed E-state index contributed by atoms with van der Waals surface area (Å²) in [7, 11) is 0. The van der Waals surface area contributed by atoms with Gasteiger partial charge in [-0.25, -0.2) is 0 Å². The Morgan fingerprint density at radius 1 is 1.11 bits per heavy atom. The van der Waals surface area contributed by atoms with E-state index >= 15 is 0 Å². The van der Waals surface area contributed by atoms with E-state index in [0.717, 1.165) is 3.84 Å². The van der Waals surface area contributed by atoms with Crippen molar-refractivity contribution in [3.8, 4) is 0 Å². The SMILES string of the molecule is Cl.S=[n+]1nccccn1. The molecule has 0 fully saturated rings. The van der Waals surface area contributed by atoms with Crippen LogP contribution < -0.4 is 3.84 Å². The second-order valence-corrected chi connectivity index (χ2v) is 1.49. The topological polar surface area (TPSA) is 31.7 Å². The number of aromatic nitrogens is 3. The number of nitrogens with zero attached hydrogens (tertiary/aromatic N) is 3. The van der Waals surface area contributed by atoms with Gasteiger partial charge in [-0.15, -0.1) is 12.4 Å². The Kier molecular flexibility index (Phi) is 4.00. The number of halogens is 1. The summed E-state index contributed by atoms with van der Waals surface area (Å²) >= 11 is 4.57. The second kappa shape index (κ2) is 4.29. The van der Waals surface area contributed by atoms with E-state index in [1.54, 1.807) is 24.5 Å². The zero-order valence-electron chi connectivity index (χ0n) is 4.47. The first kappa shape index (κ1) is 8.39. The smallest absolute Gasteiger partial charge is 0.147 e. The summed E-state index contributed by atoms with van der Waals surface area (Å²) < 4.78 is 1.08. The molecule has 0 N–H and O–H groups in total. The number of rotatable bonds is 0. The third kappa shape index (κ3) is 3.05. The van der Waals surface area contributed by atoms with Gasteiger partial charge in [-0.05, 0) is 12.1 Å². The fourth-order valence-electron chi connectivity index (χ4n) is 0.320. The summed E-state index contributed by atoms with van der Waals surface area (Å²) in [5.74, 6) is 0. The summed E-state index contributed by atoms with van der Waals surface area (Å²) in [4.78, 5) is 0. The highest BCUT2D eigenvalue weighted by atomic mass is 35.5. The predicted octanol–water partition coefficient (Wildman–Crippen LogP) is 0.428. The summed E-state index contributed by atoms with van der Waals surface area (Å²) in [6, 6.07) is 3.52. The van der Waals surface area contributed by atoms with E-state index < -0.39 is 0 Å². The van der Waals surface area contributed by atoms with E-state index in [4.69, 9.17) is 0 Å². The van der Waals surface area contributed by atoms with Crippen molar-refractivity contribution in [2.75, 3.05) is 0 Å². The third-order valence-electron chi connectivity index (χ3n) is 0.614. The van der Waals surface area contributed by atoms with Crippen LogP contribution in [0.3, 0.4) is 0 Å². The van der Waals surface area contributed by atoms with Crippen LogP contribution in [0.5, 0.6) is 0 Å². The molecule has 0 spiro atoms. The second-order valence-electron chi connectivity index (χ2n) is 1.17. The molecular formula is C4H5ClN3S+. The number of hydrogen-bond donors (Lipinski definition) is 0. The minimum absolute atomic E-state index is 0. The largest absolute Gasteiger partial charge is 0.339 e. The van der Waals surface area contributed by atoms with Crippen LogP contribution in [0.4, 0.5) is 0 Å². The van der Waals surface area contributed by atoms with Crippen molar-refractivity contribution in [2.24, 2.45) is 0 Å². The van der Waals surface area contributed by atoms with Crippen LogP contribution in [0.25, 0.3) is 0 Å². The quantitative estimate of drug-likeness (QED) is 0.519. The van der Waals surface area contributed by atoms with Gasteiger partial charge in [0, 0.05) is 10.2 Å². The zero-order valence-corrected chi connectivity index (χ0v) is 6.10. The fraction of sp³-hybridized carbons (Fsp3) is 0. The molecule has 0 unspecified atom stereocenters. The first-order chi connectivity index (χ1) is 3.89. The van der Waals surface area contributed by atoms with Gasteiger partial charge in [-0.3, -0.25) is 0 Å². The van der Waals surface area contributed by atoms with Gasteiger partial charge in [-0.2, -0.15) is 0 Å². The molecule has 5 heteroatoms. The molecule has 0 aliphatic heterocycles. The molecule has 48 valence electrons. The molecule has 0 saturated heterocycles. The van der Waals surface area contributed by atoms with Crippen molar-refractivity contribution >= 4 is 24.8 Å². The molecule has 0 aliphatic rings. The summed E-state index contributed by atoms with van der Waals surface area (Å²) in [5, 5.41) is 7.32. The lowest BCUT2D eigenvalue weighted by atomic mass is 10.6. The van der Waals surface area contributed by atoms with E-state index in [2.05, 4.69) is 22.6 Å². The Labute approximate surface area is 63.9 Å². The molecular weight excluding hydrogens is 158 g/mol. The van der Waals surface area contributed by atoms with Gasteiger partial charge in [0.2, 0.25) is 0 Å². The van der Waals surface area contributed by atoms with Crippen LogP contribution >= 0.6 is 24.8 Å². The molecule has 9 heavy (non-hydrogen) atoms. The summed E-state index contributed by atoms with van der Waals surface area (Å²) in [6.07, 6.45) is 3.17. The molecule has 0 atom stereocenters. The lowest BCUT2D eigenvalue weighted by Gasteiger charge is -1.47. The highest BCUT2D eigenvalue weighted by Gasteiger charge is 1.77. The average Bonchev–Trinajstić information content (AvgIpc) is 1.94. The Hall–Kier alpha value is -0.610. The van der Waals surface area contributed by atoms with Crippen molar-refractivity contribution in [3.05, 3.63) is 24.5 Å². The molecule has 3 nitrogen and oxygen atoms in total. The minimum atomic E-state index is 0. The van der Waals surface area contributed by atoms with Crippen LogP contribution in [-0.2, 0) is 0 Å². The van der Waals surface area contributed by atoms with Crippen LogP contribution in [0.15, 0.2) is 24.5 Å². The maximum Gasteiger partial charge on any atom is 0.339 e. The van der Waals surface area contributed by atoms with Crippen molar-refractivity contribution in [3.63, 3.8) is 0 Å². The lowest BCUT2D eigenvalue weighted by molar-refractivity contribution is -0.574. The van der Waals surface area contributed by atoms with E-state index in [1.165, 1.54) is 0 Å². The molecule has 0 radical (unpaired) electrons. The van der Waals surface area contributed by atoms with Crippen molar-refractivity contribution in [2.45, 2.75) is 0 Å². The highest BCUT2D eigenvalue weighted by molar-refractivity contribution is 7.66. The monoisotopic (exact) mass is 162 g/mol. The summed E-state index contributed by atoms with van der Waals surface area (Å²) in [5.41, 5.74) is 0. The van der Waals surface area contributed by atoms with Crippen LogP contribution in [-0.4, -0.2) is 10.2 Å². The molecule has 0 bridgehead atoms. The normalized spacial score (nSPS) is 7.56. The predicted molar refractivity (Wildman–Crippen MR) is 36.9 cm³/mol. The molecule has 1 heterocycles. The van der Waals surface area contributed by atoms with Crippen LogP contribution in [0, 0.1) is 0 Å². The molecule has 1 rings (SSSR count). The Bertz CT molecular complexity index is 207. The van der Waals surface area contributed by atoms with Gasteiger partial charge in [0.1, 0.15) is 3.84 Å². The van der Waals surface area contributed by atoms with Gasteiger partial charge in [-0.1, -0.05) is 0 Å². The van der Waals surface area contributed by atoms with Gasteiger partial charge in [0.05, 0.1) is 12.4 Å². The third-order valence-corrected chi connectivity index (χ3v) is 0.803. The van der Waals surface area contributed by atoms with Crippen LogP contribution in [0.2, 0.25) is 0 Å². The Morgan fingerprint density at radius 3 is 2.00 bits per heavy atom. The maximum atomic E-state index is 4.57. The standard InChI is InChI=1S/C4H4N3S.ClH/c8-7-5-3-1-2-4-6-7;/h1-4H;1H/q+1;. The molecule has 0 aliphatic carbocycles. The van der Waals surface area contributed by atoms with Gasteiger partial charge in [0.15, 0.2) is 0 Å². The summed E-state index contributed by atoms with van der Waals surface area (Å²) in [6.45, 7) is 0. The minimum Gasteiger partial charge on any atom is -0.147 e. The van der Waals surface area contributed by atoms with Crippen LogP contribution in [0.1, 0.15) is 0 Å². The molecule has 1 aromatic rings. The van der Waals surface area contributed by atoms with E-state index in [0.29, 0.717) is 0 Å². The molecule has 1 aromatic heterocycles. The lowest BCUT2D eigenvalue weighted by Crippen LogP contribution is -2.17. The maximum absolute atomic E-state index is 4.57. The van der Waals surface area contributed by atoms with E-state index in [-0.39, 0.29) is 12.4 Å². The van der Waals surface area contributed by atoms with E-state index in [1.807, 2.05) is 0 Å². The Balaban J connectivity index is 0.000000640. The van der Waals surface area contributed by atoms with Crippen molar-refractivity contribution < 1.29 is 3.84 Å². The van der Waals surface area contributed by atoms with Crippen molar-refractivity contribution in [1.29, 1.82) is 0 Å². The fourth-order valence-corrected chi connectivity index (χ4v) is 0.429. The zero-order chi connectivity index (χ0) is 5.82. The highest BCUT2D eigenvalue weighted by Crippen LogP contribution is 1.65. The van der Waals surface area contributed by atoms with Crippen molar-refractivity contribution in [1.82, 2.24) is 10.2 Å². The van der Waals surface area contributed by atoms with Gasteiger partial charge < -0.3 is 0 Å². The first-order valence-electron chi connectivity index (χ1n) is 2.10. The Morgan fingerprint density at radius 2 is 1.56 bits per heavy atom. The average molecular weight is 163 g/mol. The van der Waals surface area contributed by atoms with Gasteiger partial charge >= 0.3 is 12.4 Å².